The lowest BCUT2D eigenvalue weighted by Crippen LogP contribution is -2.41. The summed E-state index contributed by atoms with van der Waals surface area (Å²) in [5.41, 5.74) is 2.56. The van der Waals surface area contributed by atoms with Crippen LogP contribution in [0.15, 0.2) is 48.5 Å². The summed E-state index contributed by atoms with van der Waals surface area (Å²) in [6, 6.07) is 15.0. The number of hydrogen-bond acceptors (Lipinski definition) is 6. The van der Waals surface area contributed by atoms with E-state index in [1.54, 1.807) is 37.3 Å². The smallest absolute Gasteiger partial charge is 0.254 e. The molecule has 5 rings (SSSR count). The molecule has 2 aromatic rings. The molecule has 0 bridgehead atoms. The first-order valence-corrected chi connectivity index (χ1v) is 14.7. The second-order valence-electron chi connectivity index (χ2n) is 10.3. The van der Waals surface area contributed by atoms with E-state index in [4.69, 9.17) is 14.2 Å². The first-order valence-electron chi connectivity index (χ1n) is 13.1. The van der Waals surface area contributed by atoms with Gasteiger partial charge < -0.3 is 19.1 Å². The number of nitrogens with zero attached hydrogens (tertiary/aromatic N) is 2. The van der Waals surface area contributed by atoms with Gasteiger partial charge in [0.2, 0.25) is 10.0 Å². The van der Waals surface area contributed by atoms with Crippen LogP contribution in [0.3, 0.4) is 0 Å². The third-order valence-electron chi connectivity index (χ3n) is 7.69. The molecule has 0 radical (unpaired) electrons. The van der Waals surface area contributed by atoms with Crippen molar-refractivity contribution in [3.63, 3.8) is 0 Å². The normalized spacial score (nSPS) is 22.9. The van der Waals surface area contributed by atoms with Crippen LogP contribution in [-0.2, 0) is 25.2 Å². The van der Waals surface area contributed by atoms with Crippen molar-refractivity contribution in [3.05, 3.63) is 65.2 Å². The van der Waals surface area contributed by atoms with E-state index in [1.807, 2.05) is 24.3 Å². The molecule has 2 atom stereocenters. The molecule has 2 unspecified atom stereocenters. The van der Waals surface area contributed by atoms with Gasteiger partial charge in [-0.05, 0) is 60.9 Å². The number of sulfonamides is 1. The monoisotopic (exact) mass is 528 g/mol. The van der Waals surface area contributed by atoms with Crippen LogP contribution < -0.4 is 4.74 Å². The first-order chi connectivity index (χ1) is 17.9. The number of ether oxygens (including phenoxy) is 3. The molecular weight excluding hydrogens is 492 g/mol. The van der Waals surface area contributed by atoms with Crippen LogP contribution in [0.25, 0.3) is 0 Å². The Labute approximate surface area is 219 Å². The molecule has 3 fully saturated rings. The number of likely N-dealkylation sites (tertiary alicyclic amines) is 1. The first kappa shape index (κ1) is 26.2. The third kappa shape index (κ3) is 6.00. The molecule has 3 aliphatic rings. The fourth-order valence-corrected chi connectivity index (χ4v) is 6.80. The summed E-state index contributed by atoms with van der Waals surface area (Å²) in [7, 11) is -0.204. The maximum Gasteiger partial charge on any atom is 0.254 e. The van der Waals surface area contributed by atoms with Crippen molar-refractivity contribution in [2.45, 2.75) is 55.6 Å². The molecule has 1 aliphatic carbocycles. The van der Waals surface area contributed by atoms with Crippen LogP contribution in [-0.4, -0.2) is 82.2 Å². The summed E-state index contributed by atoms with van der Waals surface area (Å²) in [6.45, 7) is 2.03. The van der Waals surface area contributed by atoms with E-state index in [1.165, 1.54) is 4.31 Å². The maximum absolute atomic E-state index is 13.4. The molecular formula is C28H36N2O6S. The van der Waals surface area contributed by atoms with Crippen LogP contribution >= 0.6 is 0 Å². The zero-order valence-corrected chi connectivity index (χ0v) is 22.4. The summed E-state index contributed by atoms with van der Waals surface area (Å²) in [5.74, 6) is 0.962. The van der Waals surface area contributed by atoms with Crippen LogP contribution in [0, 0.1) is 0 Å². The van der Waals surface area contributed by atoms with E-state index < -0.39 is 10.0 Å². The number of rotatable bonds is 9. The second kappa shape index (κ2) is 11.1. The van der Waals surface area contributed by atoms with Crippen molar-refractivity contribution in [1.29, 1.82) is 0 Å². The van der Waals surface area contributed by atoms with E-state index in [0.717, 1.165) is 24.0 Å². The molecule has 2 heterocycles. The molecule has 37 heavy (non-hydrogen) atoms. The largest absolute Gasteiger partial charge is 0.486 e. The highest BCUT2D eigenvalue weighted by atomic mass is 32.2. The van der Waals surface area contributed by atoms with E-state index in [-0.39, 0.29) is 29.9 Å². The van der Waals surface area contributed by atoms with Gasteiger partial charge in [-0.2, -0.15) is 0 Å². The standard InChI is InChI=1S/C28H36N2O6S/c1-29(22-12-14-35-15-13-22)37(32,33)19-20-6-5-7-23(16-20)36-27-18-30(17-26(27)34-2)28(31)25-9-4-3-8-24(25)21-10-11-21/h3-9,16,21-22,26-27H,10-15,17-19H2,1-2H3. The highest BCUT2D eigenvalue weighted by Crippen LogP contribution is 2.42. The Morgan fingerprint density at radius 1 is 1.03 bits per heavy atom. The lowest BCUT2D eigenvalue weighted by atomic mass is 10.0. The van der Waals surface area contributed by atoms with Gasteiger partial charge in [-0.15, -0.1) is 0 Å². The van der Waals surface area contributed by atoms with Gasteiger partial charge in [0.05, 0.1) is 18.8 Å². The molecule has 8 nitrogen and oxygen atoms in total. The maximum atomic E-state index is 13.4. The van der Waals surface area contributed by atoms with Crippen molar-refractivity contribution < 1.29 is 27.4 Å². The summed E-state index contributed by atoms with van der Waals surface area (Å²) < 4.78 is 44.9. The Kier molecular flexibility index (Phi) is 7.85. The second-order valence-corrected chi connectivity index (χ2v) is 12.3. The van der Waals surface area contributed by atoms with Gasteiger partial charge in [-0.3, -0.25) is 4.79 Å². The quantitative estimate of drug-likeness (QED) is 0.496. The number of amides is 1. The number of carbonyl (C=O) groups excluding carboxylic acids is 1. The molecule has 1 amide bonds. The van der Waals surface area contributed by atoms with Crippen molar-refractivity contribution in [2.75, 3.05) is 40.5 Å². The minimum absolute atomic E-state index is 0.00615. The Bertz CT molecular complexity index is 1210. The lowest BCUT2D eigenvalue weighted by Gasteiger charge is -2.30. The number of hydrogen-bond donors (Lipinski definition) is 0. The molecule has 2 aromatic carbocycles. The highest BCUT2D eigenvalue weighted by molar-refractivity contribution is 7.88. The average molecular weight is 529 g/mol. The molecule has 200 valence electrons. The average Bonchev–Trinajstić information content (AvgIpc) is 3.68. The molecule has 0 aromatic heterocycles. The van der Waals surface area contributed by atoms with E-state index in [9.17, 15) is 13.2 Å². The van der Waals surface area contributed by atoms with E-state index >= 15 is 0 Å². The number of methoxy groups -OCH3 is 1. The Hall–Kier alpha value is -2.46. The third-order valence-corrected chi connectivity index (χ3v) is 9.57. The zero-order chi connectivity index (χ0) is 26.0. The van der Waals surface area contributed by atoms with Gasteiger partial charge >= 0.3 is 0 Å². The fraction of sp³-hybridized carbons (Fsp3) is 0.536. The summed E-state index contributed by atoms with van der Waals surface area (Å²) >= 11 is 0. The number of carbonyl (C=O) groups is 1. The summed E-state index contributed by atoms with van der Waals surface area (Å²) in [6.07, 6.45) is 3.06. The Morgan fingerprint density at radius 3 is 2.49 bits per heavy atom. The van der Waals surface area contributed by atoms with Gasteiger partial charge in [-0.1, -0.05) is 30.3 Å². The fourth-order valence-electron chi connectivity index (χ4n) is 5.33. The molecule has 9 heteroatoms. The lowest BCUT2D eigenvalue weighted by molar-refractivity contribution is 0.0339. The topological polar surface area (TPSA) is 85.4 Å². The SMILES string of the molecule is COC1CN(C(=O)c2ccccc2C2CC2)CC1Oc1cccc(CS(=O)(=O)N(C)C2CCOCC2)c1. The molecule has 0 N–H and O–H groups in total. The minimum atomic E-state index is -3.48. The van der Waals surface area contributed by atoms with Gasteiger partial charge in [0.15, 0.2) is 0 Å². The van der Waals surface area contributed by atoms with Crippen LogP contribution in [0.1, 0.15) is 53.1 Å². The summed E-state index contributed by atoms with van der Waals surface area (Å²) in [5, 5.41) is 0. The van der Waals surface area contributed by atoms with Gasteiger partial charge in [0.1, 0.15) is 18.0 Å². The van der Waals surface area contributed by atoms with E-state index in [2.05, 4.69) is 6.07 Å². The van der Waals surface area contributed by atoms with Crippen LogP contribution in [0.2, 0.25) is 0 Å². The van der Waals surface area contributed by atoms with Gasteiger partial charge in [-0.25, -0.2) is 12.7 Å². The molecule has 0 spiro atoms. The van der Waals surface area contributed by atoms with Crippen LogP contribution in [0.4, 0.5) is 0 Å². The van der Waals surface area contributed by atoms with Gasteiger partial charge in [0.25, 0.3) is 5.91 Å². The predicted octanol–water partition coefficient (Wildman–Crippen LogP) is 3.42. The number of benzene rings is 2. The minimum Gasteiger partial charge on any atom is -0.486 e. The van der Waals surface area contributed by atoms with Crippen molar-refractivity contribution in [3.8, 4) is 5.75 Å². The Balaban J connectivity index is 1.25. The summed E-state index contributed by atoms with van der Waals surface area (Å²) in [4.78, 5) is 15.2. The van der Waals surface area contributed by atoms with E-state index in [0.29, 0.717) is 56.4 Å². The molecule has 1 saturated carbocycles. The molecule has 2 aliphatic heterocycles. The van der Waals surface area contributed by atoms with Crippen LogP contribution in [0.5, 0.6) is 5.75 Å². The van der Waals surface area contributed by atoms with Crippen molar-refractivity contribution in [2.24, 2.45) is 0 Å². The predicted molar refractivity (Wildman–Crippen MR) is 140 cm³/mol. The Morgan fingerprint density at radius 2 is 1.76 bits per heavy atom. The van der Waals surface area contributed by atoms with Gasteiger partial charge in [0, 0.05) is 39.0 Å². The molecule has 2 saturated heterocycles. The zero-order valence-electron chi connectivity index (χ0n) is 21.5. The van der Waals surface area contributed by atoms with Crippen molar-refractivity contribution >= 4 is 15.9 Å². The van der Waals surface area contributed by atoms with Crippen molar-refractivity contribution in [1.82, 2.24) is 9.21 Å². The highest BCUT2D eigenvalue weighted by Gasteiger charge is 2.39.